The van der Waals surface area contributed by atoms with Gasteiger partial charge in [0.25, 0.3) is 0 Å². The molecule has 4 nitrogen and oxygen atoms in total. The molecule has 0 aromatic heterocycles. The molecule has 1 aliphatic rings. The lowest BCUT2D eigenvalue weighted by Crippen LogP contribution is -2.29. The number of ether oxygens (including phenoxy) is 2. The SMILES string of the molecule is C/C=C\C=C(/C)CC1CC(=O)OC(Cc2ccccc2)C(=O)O1. The van der Waals surface area contributed by atoms with Gasteiger partial charge in [-0.2, -0.15) is 0 Å². The van der Waals surface area contributed by atoms with E-state index in [1.54, 1.807) is 0 Å². The number of carbonyl (C=O) groups excluding carboxylic acids is 2. The fourth-order valence-electron chi connectivity index (χ4n) is 2.48. The molecule has 122 valence electrons. The van der Waals surface area contributed by atoms with E-state index in [1.807, 2.05) is 62.4 Å². The molecule has 0 saturated carbocycles. The van der Waals surface area contributed by atoms with E-state index in [0.717, 1.165) is 11.1 Å². The van der Waals surface area contributed by atoms with Crippen molar-refractivity contribution in [3.63, 3.8) is 0 Å². The quantitative estimate of drug-likeness (QED) is 0.617. The summed E-state index contributed by atoms with van der Waals surface area (Å²) in [4.78, 5) is 24.2. The molecule has 2 unspecified atom stereocenters. The number of allylic oxidation sites excluding steroid dienone is 3. The first kappa shape index (κ1) is 17.0. The Balaban J connectivity index is 2.02. The molecule has 0 N–H and O–H groups in total. The summed E-state index contributed by atoms with van der Waals surface area (Å²) >= 11 is 0. The molecule has 1 fully saturated rings. The van der Waals surface area contributed by atoms with Gasteiger partial charge in [-0.05, 0) is 19.4 Å². The van der Waals surface area contributed by atoms with Crippen LogP contribution in [-0.2, 0) is 25.5 Å². The van der Waals surface area contributed by atoms with Crippen LogP contribution in [0.3, 0.4) is 0 Å². The molecule has 0 amide bonds. The van der Waals surface area contributed by atoms with Crippen LogP contribution in [0.15, 0.2) is 54.1 Å². The van der Waals surface area contributed by atoms with Crippen LogP contribution in [0.5, 0.6) is 0 Å². The first-order valence-electron chi connectivity index (χ1n) is 7.81. The Hall–Kier alpha value is -2.36. The Labute approximate surface area is 136 Å². The lowest BCUT2D eigenvalue weighted by atomic mass is 10.1. The molecule has 2 atom stereocenters. The summed E-state index contributed by atoms with van der Waals surface area (Å²) < 4.78 is 10.7. The fraction of sp³-hybridized carbons (Fsp3) is 0.368. The minimum atomic E-state index is -0.866. The molecule has 23 heavy (non-hydrogen) atoms. The molecule has 1 aromatic rings. The molecule has 2 rings (SSSR count). The van der Waals surface area contributed by atoms with Gasteiger partial charge in [-0.3, -0.25) is 4.79 Å². The van der Waals surface area contributed by atoms with Crippen LogP contribution in [0.25, 0.3) is 0 Å². The summed E-state index contributed by atoms with van der Waals surface area (Å²) in [6.07, 6.45) is 5.43. The van der Waals surface area contributed by atoms with Crippen LogP contribution in [0.1, 0.15) is 32.3 Å². The predicted molar refractivity (Wildman–Crippen MR) is 87.7 cm³/mol. The Bertz CT molecular complexity index is 601. The monoisotopic (exact) mass is 314 g/mol. The van der Waals surface area contributed by atoms with Gasteiger partial charge in [-0.25, -0.2) is 4.79 Å². The highest BCUT2D eigenvalue weighted by atomic mass is 16.6. The molecule has 0 spiro atoms. The van der Waals surface area contributed by atoms with Crippen LogP contribution >= 0.6 is 0 Å². The number of benzene rings is 1. The maximum Gasteiger partial charge on any atom is 0.348 e. The third-order valence-corrected chi connectivity index (χ3v) is 3.60. The van der Waals surface area contributed by atoms with Crippen molar-refractivity contribution in [3.8, 4) is 0 Å². The number of carbonyl (C=O) groups is 2. The van der Waals surface area contributed by atoms with Crippen molar-refractivity contribution in [1.29, 1.82) is 0 Å². The van der Waals surface area contributed by atoms with Gasteiger partial charge in [0, 0.05) is 12.8 Å². The molecule has 0 radical (unpaired) electrons. The van der Waals surface area contributed by atoms with Crippen LogP contribution in [0, 0.1) is 0 Å². The van der Waals surface area contributed by atoms with Gasteiger partial charge in [0.15, 0.2) is 0 Å². The third-order valence-electron chi connectivity index (χ3n) is 3.60. The van der Waals surface area contributed by atoms with Crippen molar-refractivity contribution in [2.45, 2.75) is 45.3 Å². The van der Waals surface area contributed by atoms with E-state index >= 15 is 0 Å². The number of hydrogen-bond donors (Lipinski definition) is 0. The fourth-order valence-corrected chi connectivity index (χ4v) is 2.48. The maximum atomic E-state index is 12.2. The highest BCUT2D eigenvalue weighted by Crippen LogP contribution is 2.20. The van der Waals surface area contributed by atoms with E-state index in [4.69, 9.17) is 9.47 Å². The molecule has 1 saturated heterocycles. The van der Waals surface area contributed by atoms with E-state index in [0.29, 0.717) is 12.8 Å². The minimum absolute atomic E-state index is 0.0953. The van der Waals surface area contributed by atoms with Crippen LogP contribution in [0.4, 0.5) is 0 Å². The maximum absolute atomic E-state index is 12.2. The number of cyclic esters (lactones) is 2. The molecule has 1 heterocycles. The zero-order valence-corrected chi connectivity index (χ0v) is 13.5. The largest absolute Gasteiger partial charge is 0.459 e. The first-order chi connectivity index (χ1) is 11.1. The Morgan fingerprint density at radius 1 is 1.22 bits per heavy atom. The molecule has 1 aliphatic heterocycles. The van der Waals surface area contributed by atoms with Crippen molar-refractivity contribution >= 4 is 11.9 Å². The van der Waals surface area contributed by atoms with Crippen LogP contribution < -0.4 is 0 Å². The highest BCUT2D eigenvalue weighted by Gasteiger charge is 2.33. The molecule has 1 aromatic carbocycles. The molecular weight excluding hydrogens is 292 g/mol. The summed E-state index contributed by atoms with van der Waals surface area (Å²) in [5, 5.41) is 0. The smallest absolute Gasteiger partial charge is 0.348 e. The lowest BCUT2D eigenvalue weighted by Gasteiger charge is -2.15. The van der Waals surface area contributed by atoms with Gasteiger partial charge in [0.2, 0.25) is 6.10 Å². The summed E-state index contributed by atoms with van der Waals surface area (Å²) in [7, 11) is 0. The van der Waals surface area contributed by atoms with Crippen molar-refractivity contribution in [1.82, 2.24) is 0 Å². The second-order valence-corrected chi connectivity index (χ2v) is 5.67. The molecular formula is C19H22O4. The number of rotatable bonds is 5. The van der Waals surface area contributed by atoms with Crippen LogP contribution in [-0.4, -0.2) is 24.1 Å². The zero-order chi connectivity index (χ0) is 16.7. The molecule has 0 bridgehead atoms. The standard InChI is InChI=1S/C19H22O4/c1-3-4-8-14(2)11-16-13-18(20)23-17(19(21)22-16)12-15-9-6-5-7-10-15/h3-10,16-17H,11-13H2,1-2H3/b4-3-,14-8+. The third kappa shape index (κ3) is 5.40. The van der Waals surface area contributed by atoms with E-state index in [-0.39, 0.29) is 12.4 Å². The van der Waals surface area contributed by atoms with Gasteiger partial charge in [0.1, 0.15) is 6.10 Å². The van der Waals surface area contributed by atoms with E-state index in [1.165, 1.54) is 0 Å². The van der Waals surface area contributed by atoms with Gasteiger partial charge >= 0.3 is 11.9 Å². The Kier molecular flexibility index (Phi) is 6.15. The number of hydrogen-bond acceptors (Lipinski definition) is 4. The van der Waals surface area contributed by atoms with Crippen molar-refractivity contribution in [2.75, 3.05) is 0 Å². The van der Waals surface area contributed by atoms with Crippen LogP contribution in [0.2, 0.25) is 0 Å². The van der Waals surface area contributed by atoms with E-state index in [2.05, 4.69) is 0 Å². The molecule has 4 heteroatoms. The highest BCUT2D eigenvalue weighted by molar-refractivity contribution is 5.82. The van der Waals surface area contributed by atoms with Gasteiger partial charge < -0.3 is 9.47 Å². The van der Waals surface area contributed by atoms with Crippen molar-refractivity contribution in [3.05, 3.63) is 59.7 Å². The average Bonchev–Trinajstić information content (AvgIpc) is 2.65. The van der Waals surface area contributed by atoms with Crippen molar-refractivity contribution < 1.29 is 19.1 Å². The summed E-state index contributed by atoms with van der Waals surface area (Å²) in [5.74, 6) is -0.857. The Morgan fingerprint density at radius 3 is 2.65 bits per heavy atom. The molecule has 0 aliphatic carbocycles. The van der Waals surface area contributed by atoms with Gasteiger partial charge in [-0.1, -0.05) is 54.1 Å². The normalized spacial score (nSPS) is 22.6. The van der Waals surface area contributed by atoms with Gasteiger partial charge in [-0.15, -0.1) is 0 Å². The Morgan fingerprint density at radius 2 is 1.96 bits per heavy atom. The number of esters is 2. The van der Waals surface area contributed by atoms with Crippen molar-refractivity contribution in [2.24, 2.45) is 0 Å². The van der Waals surface area contributed by atoms with Gasteiger partial charge in [0.05, 0.1) is 6.42 Å². The second-order valence-electron chi connectivity index (χ2n) is 5.67. The minimum Gasteiger partial charge on any atom is -0.459 e. The lowest BCUT2D eigenvalue weighted by molar-refractivity contribution is -0.161. The first-order valence-corrected chi connectivity index (χ1v) is 7.81. The van der Waals surface area contributed by atoms with E-state index < -0.39 is 18.2 Å². The zero-order valence-electron chi connectivity index (χ0n) is 13.5. The summed E-state index contributed by atoms with van der Waals surface area (Å²) in [6, 6.07) is 9.46. The summed E-state index contributed by atoms with van der Waals surface area (Å²) in [5.41, 5.74) is 1.99. The summed E-state index contributed by atoms with van der Waals surface area (Å²) in [6.45, 7) is 3.88. The average molecular weight is 314 g/mol. The topological polar surface area (TPSA) is 52.6 Å². The second kappa shape index (κ2) is 8.32. The van der Waals surface area contributed by atoms with E-state index in [9.17, 15) is 9.59 Å². The predicted octanol–water partition coefficient (Wildman–Crippen LogP) is 3.37.